The summed E-state index contributed by atoms with van der Waals surface area (Å²) in [6, 6.07) is 4.45. The number of epoxide rings is 2. The fourth-order valence-corrected chi connectivity index (χ4v) is 3.13. The second-order valence-corrected chi connectivity index (χ2v) is 7.51. The highest BCUT2D eigenvalue weighted by molar-refractivity contribution is 5.47. The van der Waals surface area contributed by atoms with Crippen LogP contribution >= 0.6 is 0 Å². The Hall–Kier alpha value is -1.26. The van der Waals surface area contributed by atoms with Crippen molar-refractivity contribution in [2.75, 3.05) is 26.4 Å². The maximum atomic E-state index is 6.13. The lowest BCUT2D eigenvalue weighted by molar-refractivity contribution is 0.254. The molecule has 3 rings (SSSR count). The minimum atomic E-state index is 0.282. The molecule has 2 heterocycles. The van der Waals surface area contributed by atoms with Crippen molar-refractivity contribution in [2.45, 2.75) is 77.4 Å². The summed E-state index contributed by atoms with van der Waals surface area (Å²) in [7, 11) is 0. The molecular formula is C22H34O4. The smallest absolute Gasteiger partial charge is 0.123 e. The summed E-state index contributed by atoms with van der Waals surface area (Å²) in [5, 5.41) is 0. The maximum Gasteiger partial charge on any atom is 0.123 e. The average molecular weight is 363 g/mol. The Balaban J connectivity index is 1.73. The molecule has 0 bridgehead atoms. The zero-order valence-corrected chi connectivity index (χ0v) is 16.4. The van der Waals surface area contributed by atoms with Crippen LogP contribution in [-0.4, -0.2) is 38.6 Å². The number of unbranched alkanes of at least 4 members (excludes halogenated alkanes) is 4. The molecule has 1 aromatic carbocycles. The third-order valence-corrected chi connectivity index (χ3v) is 5.00. The van der Waals surface area contributed by atoms with E-state index in [4.69, 9.17) is 18.9 Å². The molecule has 0 radical (unpaired) electrons. The maximum absolute atomic E-state index is 6.13. The molecule has 2 saturated heterocycles. The fourth-order valence-electron chi connectivity index (χ4n) is 3.13. The Morgan fingerprint density at radius 1 is 0.769 bits per heavy atom. The van der Waals surface area contributed by atoms with Gasteiger partial charge in [0.2, 0.25) is 0 Å². The van der Waals surface area contributed by atoms with Crippen molar-refractivity contribution in [2.24, 2.45) is 0 Å². The second kappa shape index (κ2) is 10.2. The molecule has 2 aliphatic rings. The SMILES string of the molecule is CCCCCc1cc(OCC2CO2)c(CCCCC)cc1OCC1CO1. The molecule has 0 saturated carbocycles. The molecule has 2 unspecified atom stereocenters. The Morgan fingerprint density at radius 3 is 1.54 bits per heavy atom. The van der Waals surface area contributed by atoms with Gasteiger partial charge in [-0.2, -0.15) is 0 Å². The van der Waals surface area contributed by atoms with Gasteiger partial charge >= 0.3 is 0 Å². The normalized spacial score (nSPS) is 20.8. The van der Waals surface area contributed by atoms with E-state index in [-0.39, 0.29) is 12.2 Å². The number of benzene rings is 1. The van der Waals surface area contributed by atoms with E-state index in [9.17, 15) is 0 Å². The zero-order chi connectivity index (χ0) is 18.2. The molecule has 4 nitrogen and oxygen atoms in total. The first-order valence-corrected chi connectivity index (χ1v) is 10.4. The summed E-state index contributed by atoms with van der Waals surface area (Å²) in [6.45, 7) is 7.45. The number of aryl methyl sites for hydroxylation is 2. The van der Waals surface area contributed by atoms with Crippen LogP contribution in [0.15, 0.2) is 12.1 Å². The van der Waals surface area contributed by atoms with E-state index in [1.165, 1.54) is 49.7 Å². The molecule has 26 heavy (non-hydrogen) atoms. The number of hydrogen-bond acceptors (Lipinski definition) is 4. The Labute approximate surface area is 158 Å². The van der Waals surface area contributed by atoms with Crippen LogP contribution in [0.2, 0.25) is 0 Å². The van der Waals surface area contributed by atoms with Gasteiger partial charge in [0.05, 0.1) is 13.2 Å². The lowest BCUT2D eigenvalue weighted by atomic mass is 9.99. The van der Waals surface area contributed by atoms with Crippen molar-refractivity contribution in [3.63, 3.8) is 0 Å². The van der Waals surface area contributed by atoms with Crippen LogP contribution < -0.4 is 9.47 Å². The van der Waals surface area contributed by atoms with E-state index in [1.807, 2.05) is 0 Å². The van der Waals surface area contributed by atoms with E-state index in [1.54, 1.807) is 0 Å². The van der Waals surface area contributed by atoms with Gasteiger partial charge in [0.1, 0.15) is 36.9 Å². The predicted molar refractivity (Wildman–Crippen MR) is 103 cm³/mol. The molecule has 146 valence electrons. The fraction of sp³-hybridized carbons (Fsp3) is 0.727. The summed E-state index contributed by atoms with van der Waals surface area (Å²) < 4.78 is 22.9. The molecular weight excluding hydrogens is 328 g/mol. The number of ether oxygens (including phenoxy) is 4. The standard InChI is InChI=1S/C22H34O4/c1-3-5-7-9-17-11-22(26-16-20-14-24-20)18(10-8-6-4-2)12-21(17)25-15-19-13-23-19/h11-12,19-20H,3-10,13-16H2,1-2H3. The van der Waals surface area contributed by atoms with Crippen LogP contribution in [0.25, 0.3) is 0 Å². The summed E-state index contributed by atoms with van der Waals surface area (Å²) in [5.74, 6) is 2.05. The van der Waals surface area contributed by atoms with Gasteiger partial charge in [0.25, 0.3) is 0 Å². The van der Waals surface area contributed by atoms with E-state index in [0.29, 0.717) is 13.2 Å². The Kier molecular flexibility index (Phi) is 7.63. The third kappa shape index (κ3) is 6.48. The van der Waals surface area contributed by atoms with E-state index >= 15 is 0 Å². The molecule has 0 amide bonds. The number of hydrogen-bond donors (Lipinski definition) is 0. The molecule has 0 aliphatic carbocycles. The minimum Gasteiger partial charge on any atom is -0.490 e. The van der Waals surface area contributed by atoms with Crippen molar-refractivity contribution >= 4 is 0 Å². The first kappa shape index (κ1) is 19.5. The van der Waals surface area contributed by atoms with Crippen LogP contribution in [0.5, 0.6) is 11.5 Å². The summed E-state index contributed by atoms with van der Waals surface area (Å²) in [4.78, 5) is 0. The van der Waals surface area contributed by atoms with Gasteiger partial charge < -0.3 is 18.9 Å². The quantitative estimate of drug-likeness (QED) is 0.355. The van der Waals surface area contributed by atoms with Crippen molar-refractivity contribution in [1.29, 1.82) is 0 Å². The molecule has 1 aromatic rings. The van der Waals surface area contributed by atoms with Gasteiger partial charge in [-0.1, -0.05) is 39.5 Å². The largest absolute Gasteiger partial charge is 0.490 e. The first-order valence-electron chi connectivity index (χ1n) is 10.4. The van der Waals surface area contributed by atoms with Gasteiger partial charge in [-0.3, -0.25) is 0 Å². The van der Waals surface area contributed by atoms with Crippen molar-refractivity contribution < 1.29 is 18.9 Å². The number of rotatable bonds is 14. The summed E-state index contributed by atoms with van der Waals surface area (Å²) in [6.07, 6.45) is 9.97. The van der Waals surface area contributed by atoms with Crippen molar-refractivity contribution in [3.8, 4) is 11.5 Å². The van der Waals surface area contributed by atoms with E-state index in [2.05, 4.69) is 26.0 Å². The first-order chi connectivity index (χ1) is 12.8. The van der Waals surface area contributed by atoms with Crippen LogP contribution in [0, 0.1) is 0 Å². The average Bonchev–Trinajstić information content (AvgIpc) is 3.55. The molecule has 0 N–H and O–H groups in total. The monoisotopic (exact) mass is 362 g/mol. The van der Waals surface area contributed by atoms with Crippen molar-refractivity contribution in [1.82, 2.24) is 0 Å². The molecule has 2 fully saturated rings. The molecule has 0 aromatic heterocycles. The minimum absolute atomic E-state index is 0.282. The van der Waals surface area contributed by atoms with Crippen LogP contribution in [0.4, 0.5) is 0 Å². The van der Waals surface area contributed by atoms with Gasteiger partial charge in [-0.15, -0.1) is 0 Å². The van der Waals surface area contributed by atoms with E-state index < -0.39 is 0 Å². The zero-order valence-electron chi connectivity index (χ0n) is 16.4. The highest BCUT2D eigenvalue weighted by atomic mass is 16.6. The predicted octanol–water partition coefficient (Wildman–Crippen LogP) is 4.71. The summed E-state index contributed by atoms with van der Waals surface area (Å²) in [5.41, 5.74) is 2.54. The van der Waals surface area contributed by atoms with Gasteiger partial charge in [-0.05, 0) is 48.9 Å². The third-order valence-electron chi connectivity index (χ3n) is 5.00. The highest BCUT2D eigenvalue weighted by Crippen LogP contribution is 2.33. The lowest BCUT2D eigenvalue weighted by Gasteiger charge is -2.17. The Bertz CT molecular complexity index is 500. The topological polar surface area (TPSA) is 43.5 Å². The van der Waals surface area contributed by atoms with Gasteiger partial charge in [0, 0.05) is 0 Å². The second-order valence-electron chi connectivity index (χ2n) is 7.51. The van der Waals surface area contributed by atoms with E-state index in [0.717, 1.165) is 37.6 Å². The van der Waals surface area contributed by atoms with Crippen molar-refractivity contribution in [3.05, 3.63) is 23.3 Å². The van der Waals surface area contributed by atoms with Crippen LogP contribution in [-0.2, 0) is 22.3 Å². The van der Waals surface area contributed by atoms with Gasteiger partial charge in [0.15, 0.2) is 0 Å². The molecule has 0 spiro atoms. The van der Waals surface area contributed by atoms with Crippen LogP contribution in [0.3, 0.4) is 0 Å². The lowest BCUT2D eigenvalue weighted by Crippen LogP contribution is -2.10. The van der Waals surface area contributed by atoms with Crippen LogP contribution in [0.1, 0.15) is 63.5 Å². The Morgan fingerprint density at radius 2 is 1.19 bits per heavy atom. The highest BCUT2D eigenvalue weighted by Gasteiger charge is 2.25. The molecule has 4 heteroatoms. The van der Waals surface area contributed by atoms with Gasteiger partial charge in [-0.25, -0.2) is 0 Å². The summed E-state index contributed by atoms with van der Waals surface area (Å²) >= 11 is 0. The molecule has 2 aliphatic heterocycles. The molecule has 2 atom stereocenters.